The Morgan fingerprint density at radius 2 is 1.61 bits per heavy atom. The average molecular weight is 356 g/mol. The first-order chi connectivity index (χ1) is 11.0. The van der Waals surface area contributed by atoms with Gasteiger partial charge in [-0.15, -0.1) is 0 Å². The highest BCUT2D eigenvalue weighted by Crippen LogP contribution is 2.47. The molecule has 2 aliphatic carbocycles. The van der Waals surface area contributed by atoms with E-state index >= 15 is 0 Å². The van der Waals surface area contributed by atoms with Crippen molar-refractivity contribution in [3.63, 3.8) is 0 Å². The first kappa shape index (κ1) is 16.8. The summed E-state index contributed by atoms with van der Waals surface area (Å²) in [5, 5.41) is 3.49. The molecule has 0 atom stereocenters. The number of benzene rings is 1. The van der Waals surface area contributed by atoms with Crippen LogP contribution in [0.15, 0.2) is 29.2 Å². The Labute approximate surface area is 142 Å². The monoisotopic (exact) mass is 355 g/mol. The zero-order valence-electron chi connectivity index (χ0n) is 13.1. The molecule has 1 N–H and O–H groups in total. The Morgan fingerprint density at radius 3 is 2.13 bits per heavy atom. The molecule has 0 aromatic heterocycles. The highest BCUT2D eigenvalue weighted by atomic mass is 35.5. The van der Waals surface area contributed by atoms with Gasteiger partial charge in [0.05, 0.1) is 4.90 Å². The van der Waals surface area contributed by atoms with Gasteiger partial charge in [-0.2, -0.15) is 0 Å². The van der Waals surface area contributed by atoms with Gasteiger partial charge in [0.1, 0.15) is 0 Å². The summed E-state index contributed by atoms with van der Waals surface area (Å²) < 4.78 is 24.5. The molecule has 0 radical (unpaired) electrons. The number of hydrogen-bond donors (Lipinski definition) is 1. The van der Waals surface area contributed by atoms with E-state index in [1.54, 1.807) is 12.1 Å². The Morgan fingerprint density at radius 1 is 1.04 bits per heavy atom. The van der Waals surface area contributed by atoms with E-state index in [0.717, 1.165) is 25.7 Å². The Hall–Kier alpha value is -1.07. The largest absolute Gasteiger partial charge is 0.352 e. The van der Waals surface area contributed by atoms with Crippen LogP contribution in [0.5, 0.6) is 0 Å². The summed E-state index contributed by atoms with van der Waals surface area (Å²) in [7, 11) is -3.67. The van der Waals surface area contributed by atoms with E-state index < -0.39 is 14.6 Å². The fraction of sp³-hybridized carbons (Fsp3) is 0.588. The quantitative estimate of drug-likeness (QED) is 0.841. The van der Waals surface area contributed by atoms with Crippen molar-refractivity contribution >= 4 is 27.3 Å². The molecule has 6 heteroatoms. The molecule has 1 aromatic rings. The summed E-state index contributed by atoms with van der Waals surface area (Å²) >= 11 is 5.82. The van der Waals surface area contributed by atoms with Crippen molar-refractivity contribution in [2.75, 3.05) is 0 Å². The van der Waals surface area contributed by atoms with Gasteiger partial charge >= 0.3 is 0 Å². The molecule has 1 aromatic carbocycles. The molecular weight excluding hydrogens is 334 g/mol. The van der Waals surface area contributed by atoms with Crippen LogP contribution in [0, 0.1) is 0 Å². The number of rotatable bonds is 4. The average Bonchev–Trinajstić information content (AvgIpc) is 3.33. The van der Waals surface area contributed by atoms with Crippen molar-refractivity contribution in [2.24, 2.45) is 0 Å². The highest BCUT2D eigenvalue weighted by molar-refractivity contribution is 7.94. The van der Waals surface area contributed by atoms with E-state index in [0.29, 0.717) is 17.9 Å². The normalized spacial score (nSPS) is 21.4. The molecule has 126 valence electrons. The van der Waals surface area contributed by atoms with E-state index in [2.05, 4.69) is 5.32 Å². The van der Waals surface area contributed by atoms with E-state index in [4.69, 9.17) is 11.6 Å². The summed E-state index contributed by atoms with van der Waals surface area (Å²) in [5.74, 6) is -0.320. The second kappa shape index (κ2) is 6.44. The fourth-order valence-electron chi connectivity index (χ4n) is 3.31. The van der Waals surface area contributed by atoms with Gasteiger partial charge in [-0.25, -0.2) is 8.42 Å². The van der Waals surface area contributed by atoms with Gasteiger partial charge < -0.3 is 5.32 Å². The molecule has 0 heterocycles. The minimum Gasteiger partial charge on any atom is -0.352 e. The SMILES string of the molecule is O=C(NC1CCCCCC1)C1(S(=O)(=O)c2ccc(Cl)cc2)CC1. The van der Waals surface area contributed by atoms with E-state index in [1.165, 1.54) is 25.0 Å². The predicted octanol–water partition coefficient (Wildman–Crippen LogP) is 3.49. The molecule has 0 aliphatic heterocycles. The number of halogens is 1. The first-order valence-electron chi connectivity index (χ1n) is 8.27. The topological polar surface area (TPSA) is 63.2 Å². The van der Waals surface area contributed by atoms with Crippen LogP contribution in [0.4, 0.5) is 0 Å². The lowest BCUT2D eigenvalue weighted by atomic mass is 10.1. The smallest absolute Gasteiger partial charge is 0.242 e. The molecule has 23 heavy (non-hydrogen) atoms. The third-order valence-electron chi connectivity index (χ3n) is 4.95. The molecule has 0 saturated heterocycles. The minimum absolute atomic E-state index is 0.114. The lowest BCUT2D eigenvalue weighted by molar-refractivity contribution is -0.122. The number of hydrogen-bond acceptors (Lipinski definition) is 3. The van der Waals surface area contributed by atoms with E-state index in [1.807, 2.05) is 0 Å². The van der Waals surface area contributed by atoms with Gasteiger partial charge in [-0.05, 0) is 49.9 Å². The highest BCUT2D eigenvalue weighted by Gasteiger charge is 2.61. The van der Waals surface area contributed by atoms with Crippen LogP contribution >= 0.6 is 11.6 Å². The van der Waals surface area contributed by atoms with Crippen molar-refractivity contribution in [2.45, 2.75) is 67.1 Å². The Kier molecular flexibility index (Phi) is 4.70. The third-order valence-corrected chi connectivity index (χ3v) is 7.71. The van der Waals surface area contributed by atoms with Crippen LogP contribution in [-0.4, -0.2) is 25.1 Å². The molecular formula is C17H22ClNO3S. The standard InChI is InChI=1S/C17H22ClNO3S/c18-13-7-9-15(10-8-13)23(21,22)17(11-12-17)16(20)19-14-5-3-1-2-4-6-14/h7-10,14H,1-6,11-12H2,(H,19,20). The van der Waals surface area contributed by atoms with Gasteiger partial charge in [0, 0.05) is 11.1 Å². The summed E-state index contributed by atoms with van der Waals surface area (Å²) in [4.78, 5) is 12.9. The maximum absolute atomic E-state index is 12.9. The zero-order valence-corrected chi connectivity index (χ0v) is 14.6. The number of carbonyl (C=O) groups excluding carboxylic acids is 1. The summed E-state index contributed by atoms with van der Waals surface area (Å²) in [6, 6.07) is 6.18. The second-order valence-corrected chi connectivity index (χ2v) is 9.31. The predicted molar refractivity (Wildman–Crippen MR) is 90.2 cm³/mol. The van der Waals surface area contributed by atoms with Gasteiger partial charge in [-0.3, -0.25) is 4.79 Å². The maximum Gasteiger partial charge on any atom is 0.242 e. The van der Waals surface area contributed by atoms with Gasteiger partial charge in [0.25, 0.3) is 0 Å². The van der Waals surface area contributed by atoms with E-state index in [9.17, 15) is 13.2 Å². The van der Waals surface area contributed by atoms with Crippen LogP contribution < -0.4 is 5.32 Å². The summed E-state index contributed by atoms with van der Waals surface area (Å²) in [6.45, 7) is 0. The minimum atomic E-state index is -3.67. The van der Waals surface area contributed by atoms with Gasteiger partial charge in [0.15, 0.2) is 14.6 Å². The lowest BCUT2D eigenvalue weighted by Gasteiger charge is -2.21. The van der Waals surface area contributed by atoms with Crippen molar-refractivity contribution < 1.29 is 13.2 Å². The van der Waals surface area contributed by atoms with Gasteiger partial charge in [-0.1, -0.05) is 37.3 Å². The summed E-state index contributed by atoms with van der Waals surface area (Å²) in [6.07, 6.45) is 7.28. The van der Waals surface area contributed by atoms with Gasteiger partial charge in [0.2, 0.25) is 5.91 Å². The zero-order chi connectivity index (χ0) is 16.5. The summed E-state index contributed by atoms with van der Waals surface area (Å²) in [5.41, 5.74) is 0. The first-order valence-corrected chi connectivity index (χ1v) is 10.1. The second-order valence-electron chi connectivity index (χ2n) is 6.61. The Bertz CT molecular complexity index is 672. The van der Waals surface area contributed by atoms with Crippen molar-refractivity contribution in [1.29, 1.82) is 0 Å². The molecule has 0 spiro atoms. The maximum atomic E-state index is 12.9. The van der Waals surface area contributed by atoms with Crippen molar-refractivity contribution in [3.05, 3.63) is 29.3 Å². The molecule has 2 saturated carbocycles. The Balaban J connectivity index is 1.77. The van der Waals surface area contributed by atoms with Crippen molar-refractivity contribution in [3.8, 4) is 0 Å². The number of amides is 1. The molecule has 4 nitrogen and oxygen atoms in total. The van der Waals surface area contributed by atoms with Crippen LogP contribution in [0.2, 0.25) is 5.02 Å². The number of nitrogens with one attached hydrogen (secondary N) is 1. The molecule has 1 amide bonds. The molecule has 0 bridgehead atoms. The third kappa shape index (κ3) is 3.26. The van der Waals surface area contributed by atoms with Crippen LogP contribution in [0.1, 0.15) is 51.4 Å². The van der Waals surface area contributed by atoms with E-state index in [-0.39, 0.29) is 16.8 Å². The lowest BCUT2D eigenvalue weighted by Crippen LogP contribution is -2.46. The van der Waals surface area contributed by atoms with Crippen LogP contribution in [-0.2, 0) is 14.6 Å². The fourth-order valence-corrected chi connectivity index (χ4v) is 5.33. The van der Waals surface area contributed by atoms with Crippen LogP contribution in [0.3, 0.4) is 0 Å². The number of sulfone groups is 1. The molecule has 3 rings (SSSR count). The number of carbonyl (C=O) groups is 1. The van der Waals surface area contributed by atoms with Crippen LogP contribution in [0.25, 0.3) is 0 Å². The molecule has 2 aliphatic rings. The van der Waals surface area contributed by atoms with Crippen molar-refractivity contribution in [1.82, 2.24) is 5.32 Å². The molecule has 2 fully saturated rings. The molecule has 0 unspecified atom stereocenters.